The number of nitrogens with zero attached hydrogens (tertiary/aromatic N) is 1. The van der Waals surface area contributed by atoms with E-state index < -0.39 is 0 Å². The Hall–Kier alpha value is -2.97. The van der Waals surface area contributed by atoms with Crippen molar-refractivity contribution in [2.24, 2.45) is 0 Å². The van der Waals surface area contributed by atoms with E-state index in [1.165, 1.54) is 37.9 Å². The van der Waals surface area contributed by atoms with Crippen LogP contribution in [-0.2, 0) is 0 Å². The highest BCUT2D eigenvalue weighted by molar-refractivity contribution is 9.11. The normalized spacial score (nSPS) is 16.7. The highest BCUT2D eigenvalue weighted by Gasteiger charge is 2.20. The van der Waals surface area contributed by atoms with Gasteiger partial charge in [-0.05, 0) is 22.8 Å². The van der Waals surface area contributed by atoms with Crippen molar-refractivity contribution >= 4 is 59.3 Å². The second-order valence-corrected chi connectivity index (χ2v) is 8.60. The van der Waals surface area contributed by atoms with Crippen LogP contribution in [0.5, 0.6) is 0 Å². The smallest absolute Gasteiger partial charge is 0.0791 e. The molecule has 5 aromatic rings. The zero-order valence-corrected chi connectivity index (χ0v) is 17.4. The lowest BCUT2D eigenvalue weighted by molar-refractivity contribution is 0.868. The summed E-state index contributed by atoms with van der Waals surface area (Å²) in [5.41, 5.74) is 3.59. The molecular formula is C27H18BrN. The Morgan fingerprint density at radius 1 is 0.690 bits per heavy atom. The number of halogens is 1. The summed E-state index contributed by atoms with van der Waals surface area (Å²) in [5, 5.41) is 7.43. The molecule has 0 N–H and O–H groups in total. The van der Waals surface area contributed by atoms with E-state index in [1.807, 2.05) is 0 Å². The van der Waals surface area contributed by atoms with Gasteiger partial charge in [-0.25, -0.2) is 4.98 Å². The van der Waals surface area contributed by atoms with Gasteiger partial charge in [-0.3, -0.25) is 0 Å². The lowest BCUT2D eigenvalue weighted by atomic mass is 9.85. The number of fused-ring (bicyclic) bond motifs is 6. The van der Waals surface area contributed by atoms with Crippen LogP contribution in [-0.4, -0.2) is 4.98 Å². The summed E-state index contributed by atoms with van der Waals surface area (Å²) >= 11 is 3.61. The SMILES string of the molecule is BrC1=CCC(c2c3ccc4ccccc4c3nc3c2ccc2ccccc23)C=C1. The maximum absolute atomic E-state index is 5.26. The van der Waals surface area contributed by atoms with Crippen LogP contribution in [0, 0.1) is 0 Å². The zero-order chi connectivity index (χ0) is 19.4. The van der Waals surface area contributed by atoms with E-state index >= 15 is 0 Å². The second kappa shape index (κ2) is 6.53. The molecule has 1 aliphatic carbocycles. The molecule has 138 valence electrons. The summed E-state index contributed by atoms with van der Waals surface area (Å²) in [7, 11) is 0. The van der Waals surface area contributed by atoms with Crippen molar-refractivity contribution < 1.29 is 0 Å². The van der Waals surface area contributed by atoms with Crippen molar-refractivity contribution in [3.05, 3.63) is 101 Å². The predicted molar refractivity (Wildman–Crippen MR) is 128 cm³/mol. The lowest BCUT2D eigenvalue weighted by Gasteiger charge is -2.21. The second-order valence-electron chi connectivity index (χ2n) is 7.68. The quantitative estimate of drug-likeness (QED) is 0.192. The minimum Gasteiger partial charge on any atom is -0.246 e. The molecule has 1 unspecified atom stereocenters. The molecule has 1 nitrogen and oxygen atoms in total. The first-order chi connectivity index (χ1) is 14.3. The molecule has 0 saturated heterocycles. The molecule has 0 amide bonds. The Bertz CT molecular complexity index is 1400. The van der Waals surface area contributed by atoms with Crippen molar-refractivity contribution in [2.45, 2.75) is 12.3 Å². The molecule has 29 heavy (non-hydrogen) atoms. The average molecular weight is 436 g/mol. The lowest BCUT2D eigenvalue weighted by Crippen LogP contribution is -2.02. The van der Waals surface area contributed by atoms with Gasteiger partial charge in [0.15, 0.2) is 0 Å². The van der Waals surface area contributed by atoms with E-state index in [4.69, 9.17) is 4.98 Å². The molecule has 0 spiro atoms. The molecule has 0 radical (unpaired) electrons. The minimum atomic E-state index is 0.339. The number of hydrogen-bond acceptors (Lipinski definition) is 1. The summed E-state index contributed by atoms with van der Waals surface area (Å²) in [6.07, 6.45) is 7.76. The van der Waals surface area contributed by atoms with Gasteiger partial charge in [0.05, 0.1) is 11.0 Å². The minimum absolute atomic E-state index is 0.339. The van der Waals surface area contributed by atoms with E-state index in [-0.39, 0.29) is 0 Å². The average Bonchev–Trinajstić information content (AvgIpc) is 2.78. The molecule has 1 atom stereocenters. The number of pyridine rings is 1. The van der Waals surface area contributed by atoms with Crippen LogP contribution in [0.15, 0.2) is 95.5 Å². The van der Waals surface area contributed by atoms with Crippen molar-refractivity contribution in [3.63, 3.8) is 0 Å². The molecule has 1 heterocycles. The Labute approximate surface area is 177 Å². The van der Waals surface area contributed by atoms with Gasteiger partial charge in [0.25, 0.3) is 0 Å². The van der Waals surface area contributed by atoms with Gasteiger partial charge in [-0.15, -0.1) is 0 Å². The molecule has 0 bridgehead atoms. The van der Waals surface area contributed by atoms with Gasteiger partial charge in [-0.2, -0.15) is 0 Å². The molecular weight excluding hydrogens is 418 g/mol. The fourth-order valence-electron chi connectivity index (χ4n) is 4.65. The fraction of sp³-hybridized carbons (Fsp3) is 0.0741. The van der Waals surface area contributed by atoms with Crippen LogP contribution in [0.2, 0.25) is 0 Å². The first-order valence-electron chi connectivity index (χ1n) is 9.96. The van der Waals surface area contributed by atoms with Crippen LogP contribution in [0.25, 0.3) is 43.4 Å². The van der Waals surface area contributed by atoms with Gasteiger partial charge < -0.3 is 0 Å². The molecule has 6 rings (SSSR count). The maximum atomic E-state index is 5.26. The van der Waals surface area contributed by atoms with Crippen molar-refractivity contribution in [1.82, 2.24) is 4.98 Å². The van der Waals surface area contributed by atoms with Crippen molar-refractivity contribution in [2.75, 3.05) is 0 Å². The number of rotatable bonds is 1. The van der Waals surface area contributed by atoms with Crippen molar-refractivity contribution in [3.8, 4) is 0 Å². The number of benzene rings is 4. The van der Waals surface area contributed by atoms with Crippen LogP contribution < -0.4 is 0 Å². The standard InChI is InChI=1S/C27H18BrN/c28-20-13-9-19(10-14-20)25-23-15-11-17-5-1-3-7-21(17)26(23)29-27-22-8-4-2-6-18(22)12-16-24(25)27/h1-9,11-16,19H,10H2. The third-order valence-corrected chi connectivity index (χ3v) is 6.62. The zero-order valence-electron chi connectivity index (χ0n) is 15.8. The van der Waals surface area contributed by atoms with E-state index in [1.54, 1.807) is 0 Å². The fourth-order valence-corrected chi connectivity index (χ4v) is 4.99. The van der Waals surface area contributed by atoms with Gasteiger partial charge in [-0.1, -0.05) is 107 Å². The van der Waals surface area contributed by atoms with Crippen LogP contribution >= 0.6 is 15.9 Å². The number of hydrogen-bond donors (Lipinski definition) is 0. The first-order valence-corrected chi connectivity index (χ1v) is 10.8. The Morgan fingerprint density at radius 2 is 1.28 bits per heavy atom. The maximum Gasteiger partial charge on any atom is 0.0791 e. The number of aromatic nitrogens is 1. The van der Waals surface area contributed by atoms with Gasteiger partial charge in [0, 0.05) is 31.9 Å². The van der Waals surface area contributed by atoms with Crippen LogP contribution in [0.3, 0.4) is 0 Å². The summed E-state index contributed by atoms with van der Waals surface area (Å²) in [5.74, 6) is 0.339. The van der Waals surface area contributed by atoms with E-state index in [2.05, 4.69) is 107 Å². The molecule has 0 fully saturated rings. The van der Waals surface area contributed by atoms with Gasteiger partial charge in [0.1, 0.15) is 0 Å². The topological polar surface area (TPSA) is 12.9 Å². The third kappa shape index (κ3) is 2.63. The van der Waals surface area contributed by atoms with Crippen LogP contribution in [0.4, 0.5) is 0 Å². The molecule has 1 aliphatic rings. The Kier molecular flexibility index (Phi) is 3.82. The third-order valence-electron chi connectivity index (χ3n) is 6.03. The summed E-state index contributed by atoms with van der Waals surface area (Å²) in [4.78, 5) is 5.26. The highest BCUT2D eigenvalue weighted by atomic mass is 79.9. The summed E-state index contributed by atoms with van der Waals surface area (Å²) < 4.78 is 1.16. The largest absolute Gasteiger partial charge is 0.246 e. The molecule has 1 aromatic heterocycles. The highest BCUT2D eigenvalue weighted by Crippen LogP contribution is 2.40. The summed E-state index contributed by atoms with van der Waals surface area (Å²) in [6, 6.07) is 26.1. The van der Waals surface area contributed by atoms with E-state index in [9.17, 15) is 0 Å². The first kappa shape index (κ1) is 16.9. The van der Waals surface area contributed by atoms with Crippen molar-refractivity contribution in [1.29, 1.82) is 0 Å². The van der Waals surface area contributed by atoms with E-state index in [0.29, 0.717) is 5.92 Å². The molecule has 0 aliphatic heterocycles. The van der Waals surface area contributed by atoms with Gasteiger partial charge >= 0.3 is 0 Å². The van der Waals surface area contributed by atoms with Gasteiger partial charge in [0.2, 0.25) is 0 Å². The van der Waals surface area contributed by atoms with Crippen LogP contribution in [0.1, 0.15) is 17.9 Å². The molecule has 2 heteroatoms. The summed E-state index contributed by atoms with van der Waals surface area (Å²) in [6.45, 7) is 0. The Balaban J connectivity index is 1.82. The number of allylic oxidation sites excluding steroid dienone is 4. The molecule has 4 aromatic carbocycles. The van der Waals surface area contributed by atoms with E-state index in [0.717, 1.165) is 21.9 Å². The Morgan fingerprint density at radius 3 is 1.83 bits per heavy atom. The predicted octanol–water partition coefficient (Wildman–Crippen LogP) is 8.02. The molecule has 0 saturated carbocycles. The monoisotopic (exact) mass is 435 g/mol.